The molecule has 2 N–H and O–H groups in total. The minimum Gasteiger partial charge on any atom is -0.506 e. The number of hydrogen-bond donors (Lipinski definition) is 2. The van der Waals surface area contributed by atoms with Crippen molar-refractivity contribution < 1.29 is 18.7 Å². The Kier molecular flexibility index (Phi) is 8.31. The summed E-state index contributed by atoms with van der Waals surface area (Å²) in [7, 11) is 0. The van der Waals surface area contributed by atoms with E-state index in [9.17, 15) is 18.7 Å². The van der Waals surface area contributed by atoms with Gasteiger partial charge in [0, 0.05) is 26.2 Å². The van der Waals surface area contributed by atoms with Gasteiger partial charge in [-0.25, -0.2) is 8.78 Å². The Labute approximate surface area is 213 Å². The summed E-state index contributed by atoms with van der Waals surface area (Å²) in [6, 6.07) is 24.8. The van der Waals surface area contributed by atoms with Gasteiger partial charge in [0.05, 0.1) is 10.6 Å². The Morgan fingerprint density at radius 2 is 1.31 bits per heavy atom. The molecule has 4 aromatic rings. The highest BCUT2D eigenvalue weighted by molar-refractivity contribution is 6.32. The number of benzene rings is 4. The molecule has 0 bridgehead atoms. The molecule has 4 rings (SSSR count). The highest BCUT2D eigenvalue weighted by Gasteiger charge is 2.21. The second-order valence-electron chi connectivity index (χ2n) is 8.47. The third kappa shape index (κ3) is 6.68. The lowest BCUT2D eigenvalue weighted by Gasteiger charge is -2.24. The molecule has 0 saturated heterocycles. The lowest BCUT2D eigenvalue weighted by molar-refractivity contribution is 0.0727. The summed E-state index contributed by atoms with van der Waals surface area (Å²) in [5, 5.41) is 13.8. The van der Waals surface area contributed by atoms with E-state index in [1.807, 2.05) is 24.3 Å². The van der Waals surface area contributed by atoms with Crippen molar-refractivity contribution in [3.05, 3.63) is 135 Å². The van der Waals surface area contributed by atoms with Crippen LogP contribution in [0.25, 0.3) is 0 Å². The molecule has 184 valence electrons. The van der Waals surface area contributed by atoms with Crippen molar-refractivity contribution in [2.24, 2.45) is 0 Å². The smallest absolute Gasteiger partial charge is 0.258 e. The number of nitrogens with one attached hydrogen (secondary N) is 1. The number of carbonyl (C=O) groups is 1. The first-order chi connectivity index (χ1) is 17.4. The number of nitrogens with zero attached hydrogens (tertiary/aromatic N) is 1. The Morgan fingerprint density at radius 1 is 0.750 bits per heavy atom. The molecular weight excluding hydrogens is 482 g/mol. The molecule has 0 spiro atoms. The average Bonchev–Trinajstić information content (AvgIpc) is 2.88. The quantitative estimate of drug-likeness (QED) is 0.274. The fraction of sp³-hybridized carbons (Fsp3) is 0.138. The van der Waals surface area contributed by atoms with Gasteiger partial charge in [-0.2, -0.15) is 0 Å². The van der Waals surface area contributed by atoms with Crippen molar-refractivity contribution in [3.8, 4) is 5.75 Å². The van der Waals surface area contributed by atoms with Crippen molar-refractivity contribution in [1.29, 1.82) is 0 Å². The van der Waals surface area contributed by atoms with E-state index in [0.29, 0.717) is 13.1 Å². The van der Waals surface area contributed by atoms with Crippen LogP contribution in [0.3, 0.4) is 0 Å². The van der Waals surface area contributed by atoms with E-state index < -0.39 is 0 Å². The first-order valence-corrected chi connectivity index (χ1v) is 11.8. The molecule has 1 amide bonds. The van der Waals surface area contributed by atoms with Gasteiger partial charge in [-0.3, -0.25) is 4.79 Å². The van der Waals surface area contributed by atoms with Crippen molar-refractivity contribution >= 4 is 17.5 Å². The Balaban J connectivity index is 1.50. The zero-order valence-corrected chi connectivity index (χ0v) is 20.2. The summed E-state index contributed by atoms with van der Waals surface area (Å²) in [6.07, 6.45) is 0. The van der Waals surface area contributed by atoms with Gasteiger partial charge in [-0.1, -0.05) is 66.2 Å². The highest BCUT2D eigenvalue weighted by atomic mass is 35.5. The van der Waals surface area contributed by atoms with Crippen LogP contribution >= 0.6 is 11.6 Å². The molecule has 0 aliphatic rings. The summed E-state index contributed by atoms with van der Waals surface area (Å²) in [5.74, 6) is -1.28. The Morgan fingerprint density at radius 3 is 2.00 bits per heavy atom. The Bertz CT molecular complexity index is 1330. The molecule has 0 heterocycles. The number of carbonyl (C=O) groups excluding carboxylic acids is 1. The normalized spacial score (nSPS) is 10.9. The summed E-state index contributed by atoms with van der Waals surface area (Å²) in [4.78, 5) is 15.0. The zero-order valence-electron chi connectivity index (χ0n) is 19.4. The molecule has 0 aliphatic heterocycles. The van der Waals surface area contributed by atoms with Crippen LogP contribution < -0.4 is 5.32 Å². The van der Waals surface area contributed by atoms with Crippen LogP contribution in [0.5, 0.6) is 5.75 Å². The number of rotatable bonds is 9. The molecule has 0 aromatic heterocycles. The van der Waals surface area contributed by atoms with Gasteiger partial charge >= 0.3 is 0 Å². The molecule has 0 unspecified atom stereocenters. The van der Waals surface area contributed by atoms with E-state index in [1.165, 1.54) is 36.4 Å². The highest BCUT2D eigenvalue weighted by Crippen LogP contribution is 2.29. The molecule has 0 aliphatic carbocycles. The predicted molar refractivity (Wildman–Crippen MR) is 136 cm³/mol. The number of halogens is 3. The van der Waals surface area contributed by atoms with Crippen molar-refractivity contribution in [2.45, 2.75) is 26.2 Å². The third-order valence-electron chi connectivity index (χ3n) is 5.73. The minimum absolute atomic E-state index is 0.0943. The predicted octanol–water partition coefficient (Wildman–Crippen LogP) is 6.46. The monoisotopic (exact) mass is 506 g/mol. The SMILES string of the molecule is O=C(c1cccc(Cl)c1O)N(Cc1ccc(F)cc1)Cc1cccc(CNCc2ccc(F)cc2)c1. The number of phenols is 1. The van der Waals surface area contributed by atoms with Gasteiger partial charge in [-0.05, 0) is 58.7 Å². The molecule has 0 atom stereocenters. The third-order valence-corrected chi connectivity index (χ3v) is 6.03. The molecule has 0 saturated carbocycles. The maximum absolute atomic E-state index is 13.4. The minimum atomic E-state index is -0.390. The van der Waals surface area contributed by atoms with E-state index in [1.54, 1.807) is 35.2 Å². The van der Waals surface area contributed by atoms with Crippen LogP contribution in [0.1, 0.15) is 32.6 Å². The van der Waals surface area contributed by atoms with Crippen LogP contribution in [-0.4, -0.2) is 15.9 Å². The van der Waals surface area contributed by atoms with Crippen LogP contribution in [-0.2, 0) is 26.2 Å². The summed E-state index contributed by atoms with van der Waals surface area (Å²) >= 11 is 6.03. The van der Waals surface area contributed by atoms with Gasteiger partial charge < -0.3 is 15.3 Å². The topological polar surface area (TPSA) is 52.6 Å². The average molecular weight is 507 g/mol. The van der Waals surface area contributed by atoms with E-state index >= 15 is 0 Å². The second-order valence-corrected chi connectivity index (χ2v) is 8.88. The number of amides is 1. The first-order valence-electron chi connectivity index (χ1n) is 11.4. The van der Waals surface area contributed by atoms with Crippen molar-refractivity contribution in [1.82, 2.24) is 10.2 Å². The molecular formula is C29H25ClF2N2O2. The van der Waals surface area contributed by atoms with Gasteiger partial charge in [0.1, 0.15) is 17.4 Å². The summed E-state index contributed by atoms with van der Waals surface area (Å²) < 4.78 is 26.5. The van der Waals surface area contributed by atoms with Gasteiger partial charge in [0.25, 0.3) is 5.91 Å². The van der Waals surface area contributed by atoms with E-state index in [0.717, 1.165) is 22.3 Å². The van der Waals surface area contributed by atoms with E-state index in [4.69, 9.17) is 11.6 Å². The molecule has 0 radical (unpaired) electrons. The summed E-state index contributed by atoms with van der Waals surface area (Å²) in [6.45, 7) is 1.67. The van der Waals surface area contributed by atoms with Crippen molar-refractivity contribution in [3.63, 3.8) is 0 Å². The van der Waals surface area contributed by atoms with Gasteiger partial charge in [0.2, 0.25) is 0 Å². The lowest BCUT2D eigenvalue weighted by Crippen LogP contribution is -2.30. The maximum Gasteiger partial charge on any atom is 0.258 e. The molecule has 7 heteroatoms. The number of hydrogen-bond acceptors (Lipinski definition) is 3. The van der Waals surface area contributed by atoms with E-state index in [2.05, 4.69) is 5.32 Å². The molecule has 4 nitrogen and oxygen atoms in total. The fourth-order valence-electron chi connectivity index (χ4n) is 3.88. The molecule has 0 fully saturated rings. The van der Waals surface area contributed by atoms with E-state index in [-0.39, 0.29) is 47.0 Å². The standard InChI is InChI=1S/C29H25ClF2N2O2/c30-27-6-2-5-26(28(27)35)29(36)34(18-21-9-13-25(32)14-10-21)19-23-4-1-3-22(15-23)17-33-16-20-7-11-24(31)12-8-20/h1-15,33,35H,16-19H2. The zero-order chi connectivity index (χ0) is 25.5. The molecule has 4 aromatic carbocycles. The summed E-state index contributed by atoms with van der Waals surface area (Å²) in [5.41, 5.74) is 3.75. The largest absolute Gasteiger partial charge is 0.506 e. The van der Waals surface area contributed by atoms with Crippen molar-refractivity contribution in [2.75, 3.05) is 0 Å². The van der Waals surface area contributed by atoms with Crippen LogP contribution in [0.15, 0.2) is 91.0 Å². The first kappa shape index (κ1) is 25.4. The lowest BCUT2D eigenvalue weighted by atomic mass is 10.1. The Hall–Kier alpha value is -3.74. The number of aromatic hydroxyl groups is 1. The van der Waals surface area contributed by atoms with Crippen LogP contribution in [0, 0.1) is 11.6 Å². The van der Waals surface area contributed by atoms with Crippen LogP contribution in [0.4, 0.5) is 8.78 Å². The molecule has 36 heavy (non-hydrogen) atoms. The van der Waals surface area contributed by atoms with Gasteiger partial charge in [-0.15, -0.1) is 0 Å². The maximum atomic E-state index is 13.4. The fourth-order valence-corrected chi connectivity index (χ4v) is 4.05. The number of para-hydroxylation sites is 1. The second kappa shape index (κ2) is 11.8. The van der Waals surface area contributed by atoms with Gasteiger partial charge in [0.15, 0.2) is 0 Å². The van der Waals surface area contributed by atoms with Crippen LogP contribution in [0.2, 0.25) is 5.02 Å². The number of phenolic OH excluding ortho intramolecular Hbond substituents is 1.